The molecule has 10 heteroatoms. The minimum atomic E-state index is -0.754. The van der Waals surface area contributed by atoms with E-state index in [0.717, 1.165) is 16.9 Å². The number of ether oxygens (including phenoxy) is 6. The SMILES string of the molecule is CCC(=O)N1c2ccccc2NC2=C(C(=O)C[C@@H](c3cc(OC)c(OC)c(OC)c3)C2)[C@@H]1c1cc(OC)c(OC)c(OC)c1. The van der Waals surface area contributed by atoms with Gasteiger partial charge in [-0.1, -0.05) is 19.1 Å². The first-order valence-corrected chi connectivity index (χ1v) is 14.4. The fourth-order valence-corrected chi connectivity index (χ4v) is 6.18. The summed E-state index contributed by atoms with van der Waals surface area (Å²) in [7, 11) is 9.31. The van der Waals surface area contributed by atoms with Crippen molar-refractivity contribution >= 4 is 23.1 Å². The second-order valence-corrected chi connectivity index (χ2v) is 10.5. The van der Waals surface area contributed by atoms with Gasteiger partial charge in [0.2, 0.25) is 17.4 Å². The Balaban J connectivity index is 1.74. The molecule has 0 spiro atoms. The van der Waals surface area contributed by atoms with Crippen LogP contribution in [0.4, 0.5) is 11.4 Å². The fourth-order valence-electron chi connectivity index (χ4n) is 6.18. The number of amides is 1. The summed E-state index contributed by atoms with van der Waals surface area (Å²) in [5, 5.41) is 3.55. The molecule has 3 aromatic rings. The average molecular weight is 603 g/mol. The lowest BCUT2D eigenvalue weighted by Crippen LogP contribution is -2.38. The topological polar surface area (TPSA) is 105 Å². The largest absolute Gasteiger partial charge is 0.493 e. The molecule has 1 amide bonds. The van der Waals surface area contributed by atoms with Gasteiger partial charge in [-0.2, -0.15) is 0 Å². The van der Waals surface area contributed by atoms with Gasteiger partial charge in [-0.15, -0.1) is 0 Å². The molecule has 0 saturated heterocycles. The molecule has 2 atom stereocenters. The summed E-state index contributed by atoms with van der Waals surface area (Å²) in [4.78, 5) is 29.9. The number of hydrogen-bond donors (Lipinski definition) is 1. The molecule has 1 heterocycles. The summed E-state index contributed by atoms with van der Waals surface area (Å²) in [6.45, 7) is 1.81. The third kappa shape index (κ3) is 5.25. The number of nitrogens with zero attached hydrogens (tertiary/aromatic N) is 1. The first kappa shape index (κ1) is 30.6. The maximum absolute atomic E-state index is 14.4. The van der Waals surface area contributed by atoms with Crippen molar-refractivity contribution in [3.8, 4) is 34.5 Å². The molecule has 1 aliphatic heterocycles. The summed E-state index contributed by atoms with van der Waals surface area (Å²) >= 11 is 0. The lowest BCUT2D eigenvalue weighted by Gasteiger charge is -2.35. The lowest BCUT2D eigenvalue weighted by atomic mass is 9.78. The molecule has 0 radical (unpaired) electrons. The Labute approximate surface area is 257 Å². The highest BCUT2D eigenvalue weighted by atomic mass is 16.5. The molecule has 0 fully saturated rings. The lowest BCUT2D eigenvalue weighted by molar-refractivity contribution is -0.119. The highest BCUT2D eigenvalue weighted by Crippen LogP contribution is 2.51. The van der Waals surface area contributed by atoms with Crippen LogP contribution in [-0.4, -0.2) is 54.3 Å². The molecule has 3 aromatic carbocycles. The second kappa shape index (κ2) is 12.8. The molecule has 0 unspecified atom stereocenters. The van der Waals surface area contributed by atoms with Crippen LogP contribution >= 0.6 is 0 Å². The van der Waals surface area contributed by atoms with Gasteiger partial charge < -0.3 is 33.7 Å². The maximum Gasteiger partial charge on any atom is 0.227 e. The van der Waals surface area contributed by atoms with Gasteiger partial charge in [0.25, 0.3) is 0 Å². The van der Waals surface area contributed by atoms with Crippen LogP contribution in [0.1, 0.15) is 49.3 Å². The molecule has 5 rings (SSSR count). The van der Waals surface area contributed by atoms with E-state index in [4.69, 9.17) is 28.4 Å². The van der Waals surface area contributed by atoms with E-state index in [1.54, 1.807) is 52.6 Å². The van der Waals surface area contributed by atoms with Crippen LogP contribution < -0.4 is 38.6 Å². The normalized spacial score (nSPS) is 17.5. The number of carbonyl (C=O) groups excluding carboxylic acids is 2. The zero-order valence-electron chi connectivity index (χ0n) is 26.1. The summed E-state index contributed by atoms with van der Waals surface area (Å²) in [6.07, 6.45) is 0.952. The van der Waals surface area contributed by atoms with Crippen LogP contribution in [0, 0.1) is 0 Å². The zero-order valence-corrected chi connectivity index (χ0v) is 26.1. The number of rotatable bonds is 9. The van der Waals surface area contributed by atoms with Crippen LogP contribution in [0.5, 0.6) is 34.5 Å². The van der Waals surface area contributed by atoms with Crippen molar-refractivity contribution in [1.29, 1.82) is 0 Å². The number of ketones is 1. The van der Waals surface area contributed by atoms with Gasteiger partial charge in [0.05, 0.1) is 60.1 Å². The predicted molar refractivity (Wildman–Crippen MR) is 167 cm³/mol. The van der Waals surface area contributed by atoms with Crippen LogP contribution in [0.3, 0.4) is 0 Å². The Morgan fingerprint density at radius 2 is 1.30 bits per heavy atom. The number of benzene rings is 3. The average Bonchev–Trinajstić information content (AvgIpc) is 3.21. The van der Waals surface area contributed by atoms with E-state index in [1.807, 2.05) is 43.3 Å². The van der Waals surface area contributed by atoms with Crippen molar-refractivity contribution in [2.45, 2.75) is 38.1 Å². The Kier molecular flexibility index (Phi) is 8.89. The monoisotopic (exact) mass is 602 g/mol. The van der Waals surface area contributed by atoms with Crippen LogP contribution in [0.2, 0.25) is 0 Å². The third-order valence-corrected chi connectivity index (χ3v) is 8.22. The molecule has 0 aromatic heterocycles. The Hall–Kier alpha value is -4.86. The zero-order chi connectivity index (χ0) is 31.5. The van der Waals surface area contributed by atoms with Gasteiger partial charge in [0, 0.05) is 24.1 Å². The standard InChI is InChI=1S/C34H38N2O8/c1-8-30(38)36-24-12-10-9-11-22(24)35-23-13-19(20-15-26(39-2)33(43-6)27(16-20)40-3)14-25(37)31(23)32(36)21-17-28(41-4)34(44-7)29(18-21)42-5/h9-12,15-19,32,35H,8,13-14H2,1-7H3/t19-,32-/m0/s1. The Bertz CT molecular complexity index is 1560. The molecule has 44 heavy (non-hydrogen) atoms. The van der Waals surface area contributed by atoms with Gasteiger partial charge >= 0.3 is 0 Å². The predicted octanol–water partition coefficient (Wildman–Crippen LogP) is 6.05. The number of methoxy groups -OCH3 is 6. The number of anilines is 2. The molecule has 1 N–H and O–H groups in total. The van der Waals surface area contributed by atoms with Gasteiger partial charge in [0.15, 0.2) is 28.8 Å². The minimum Gasteiger partial charge on any atom is -0.493 e. The minimum absolute atomic E-state index is 0.0852. The molecule has 1 aliphatic carbocycles. The van der Waals surface area contributed by atoms with Crippen molar-refractivity contribution in [2.24, 2.45) is 0 Å². The van der Waals surface area contributed by atoms with E-state index in [2.05, 4.69) is 5.32 Å². The van der Waals surface area contributed by atoms with Crippen molar-refractivity contribution in [1.82, 2.24) is 0 Å². The van der Waals surface area contributed by atoms with Crippen molar-refractivity contribution < 1.29 is 38.0 Å². The molecular formula is C34H38N2O8. The van der Waals surface area contributed by atoms with Gasteiger partial charge in [-0.25, -0.2) is 0 Å². The summed E-state index contributed by atoms with van der Waals surface area (Å²) in [6, 6.07) is 14.2. The van der Waals surface area contributed by atoms with E-state index in [0.29, 0.717) is 57.7 Å². The number of hydrogen-bond acceptors (Lipinski definition) is 9. The van der Waals surface area contributed by atoms with E-state index in [-0.39, 0.29) is 30.4 Å². The Morgan fingerprint density at radius 3 is 1.80 bits per heavy atom. The van der Waals surface area contributed by atoms with Gasteiger partial charge in [-0.05, 0) is 59.9 Å². The van der Waals surface area contributed by atoms with Crippen molar-refractivity contribution in [3.05, 3.63) is 70.9 Å². The molecule has 0 saturated carbocycles. The number of carbonyl (C=O) groups is 2. The summed E-state index contributed by atoms with van der Waals surface area (Å²) in [5.74, 6) is 2.39. The van der Waals surface area contributed by atoms with Gasteiger partial charge in [0.1, 0.15) is 0 Å². The third-order valence-electron chi connectivity index (χ3n) is 8.22. The summed E-state index contributed by atoms with van der Waals surface area (Å²) in [5.41, 5.74) is 4.19. The van der Waals surface area contributed by atoms with Crippen LogP contribution in [0.25, 0.3) is 0 Å². The number of Topliss-reactive ketones (excluding diaryl/α,β-unsaturated/α-hetero) is 1. The molecule has 2 aliphatic rings. The van der Waals surface area contributed by atoms with Crippen molar-refractivity contribution in [3.63, 3.8) is 0 Å². The number of nitrogens with one attached hydrogen (secondary N) is 1. The number of para-hydroxylation sites is 2. The molecule has 0 bridgehead atoms. The smallest absolute Gasteiger partial charge is 0.227 e. The quantitative estimate of drug-likeness (QED) is 0.313. The number of allylic oxidation sites excluding steroid dienone is 1. The molecule has 232 valence electrons. The van der Waals surface area contributed by atoms with Crippen LogP contribution in [0.15, 0.2) is 59.8 Å². The Morgan fingerprint density at radius 1 is 0.773 bits per heavy atom. The molecule has 10 nitrogen and oxygen atoms in total. The highest BCUT2D eigenvalue weighted by molar-refractivity contribution is 6.06. The van der Waals surface area contributed by atoms with E-state index in [1.165, 1.54) is 7.11 Å². The van der Waals surface area contributed by atoms with Crippen molar-refractivity contribution in [2.75, 3.05) is 52.9 Å². The maximum atomic E-state index is 14.4. The van der Waals surface area contributed by atoms with E-state index >= 15 is 0 Å². The molecular weight excluding hydrogens is 564 g/mol. The second-order valence-electron chi connectivity index (χ2n) is 10.5. The van der Waals surface area contributed by atoms with E-state index in [9.17, 15) is 9.59 Å². The fraction of sp³-hybridized carbons (Fsp3) is 0.353. The van der Waals surface area contributed by atoms with Gasteiger partial charge in [-0.3, -0.25) is 14.5 Å². The first-order chi connectivity index (χ1) is 21.3. The first-order valence-electron chi connectivity index (χ1n) is 14.4. The van der Waals surface area contributed by atoms with Crippen LogP contribution in [-0.2, 0) is 9.59 Å². The van der Waals surface area contributed by atoms with E-state index < -0.39 is 6.04 Å². The number of fused-ring (bicyclic) bond motifs is 1. The highest BCUT2D eigenvalue weighted by Gasteiger charge is 2.42. The summed E-state index contributed by atoms with van der Waals surface area (Å²) < 4.78 is 33.6.